The normalized spacial score (nSPS) is 20.0. The Balaban J connectivity index is 1.85. The molecule has 1 aliphatic rings. The van der Waals surface area contributed by atoms with Gasteiger partial charge in [0, 0.05) is 19.6 Å². The van der Waals surface area contributed by atoms with Crippen LogP contribution in [0.1, 0.15) is 71.1 Å². The lowest BCUT2D eigenvalue weighted by atomic mass is 10.1. The summed E-state index contributed by atoms with van der Waals surface area (Å²) >= 11 is 0. The van der Waals surface area contributed by atoms with Gasteiger partial charge in [-0.05, 0) is 20.0 Å². The third kappa shape index (κ3) is 10.3. The molecule has 21 heavy (non-hydrogen) atoms. The maximum atomic E-state index is 5.74. The van der Waals surface area contributed by atoms with Crippen LogP contribution in [0.25, 0.3) is 0 Å². The lowest BCUT2D eigenvalue weighted by Gasteiger charge is -2.32. The van der Waals surface area contributed by atoms with E-state index in [1.165, 1.54) is 70.8 Å². The highest BCUT2D eigenvalue weighted by Gasteiger charge is 2.18. The topological polar surface area (TPSA) is 24.5 Å². The second-order valence-electron chi connectivity index (χ2n) is 6.53. The molecular weight excluding hydrogens is 260 g/mol. The van der Waals surface area contributed by atoms with Gasteiger partial charge in [-0.25, -0.2) is 0 Å². The molecule has 1 N–H and O–H groups in total. The summed E-state index contributed by atoms with van der Waals surface area (Å²) in [6.45, 7) is 7.67. The molecule has 0 aromatic rings. The van der Waals surface area contributed by atoms with Crippen molar-refractivity contribution in [3.8, 4) is 0 Å². The van der Waals surface area contributed by atoms with Crippen molar-refractivity contribution in [1.29, 1.82) is 0 Å². The van der Waals surface area contributed by atoms with Crippen LogP contribution >= 0.6 is 0 Å². The van der Waals surface area contributed by atoms with Crippen LogP contribution in [0.3, 0.4) is 0 Å². The van der Waals surface area contributed by atoms with E-state index < -0.39 is 0 Å². The van der Waals surface area contributed by atoms with E-state index in [1.807, 2.05) is 7.05 Å². The van der Waals surface area contributed by atoms with Crippen molar-refractivity contribution >= 4 is 0 Å². The van der Waals surface area contributed by atoms with E-state index in [2.05, 4.69) is 17.1 Å². The smallest absolute Gasteiger partial charge is 0.0826 e. The second kappa shape index (κ2) is 13.5. The van der Waals surface area contributed by atoms with E-state index >= 15 is 0 Å². The van der Waals surface area contributed by atoms with Gasteiger partial charge >= 0.3 is 0 Å². The molecule has 1 aliphatic heterocycles. The molecule has 1 heterocycles. The summed E-state index contributed by atoms with van der Waals surface area (Å²) in [5, 5.41) is 3.21. The number of nitrogens with one attached hydrogen (secondary N) is 1. The van der Waals surface area contributed by atoms with Crippen molar-refractivity contribution in [1.82, 2.24) is 10.2 Å². The van der Waals surface area contributed by atoms with E-state index in [-0.39, 0.29) is 0 Å². The van der Waals surface area contributed by atoms with Gasteiger partial charge < -0.3 is 10.1 Å². The molecule has 1 atom stereocenters. The average molecular weight is 299 g/mol. The van der Waals surface area contributed by atoms with Gasteiger partial charge in [0.25, 0.3) is 0 Å². The first-order chi connectivity index (χ1) is 10.4. The number of hydrogen-bond donors (Lipinski definition) is 1. The van der Waals surface area contributed by atoms with Crippen LogP contribution in [0.2, 0.25) is 0 Å². The number of ether oxygens (including phenoxy) is 1. The van der Waals surface area contributed by atoms with Crippen LogP contribution in [0.15, 0.2) is 0 Å². The fraction of sp³-hybridized carbons (Fsp3) is 1.00. The first kappa shape index (κ1) is 18.9. The Morgan fingerprint density at radius 3 is 2.19 bits per heavy atom. The summed E-state index contributed by atoms with van der Waals surface area (Å²) in [5.41, 5.74) is 0. The summed E-state index contributed by atoms with van der Waals surface area (Å²) in [7, 11) is 2.00. The van der Waals surface area contributed by atoms with Gasteiger partial charge in [0.2, 0.25) is 0 Å². The molecule has 126 valence electrons. The molecule has 3 nitrogen and oxygen atoms in total. The summed E-state index contributed by atoms with van der Waals surface area (Å²) in [6, 6.07) is 0. The van der Waals surface area contributed by atoms with E-state index in [4.69, 9.17) is 4.74 Å². The monoisotopic (exact) mass is 298 g/mol. The molecule has 1 fully saturated rings. The maximum Gasteiger partial charge on any atom is 0.0826 e. The Kier molecular flexibility index (Phi) is 12.2. The van der Waals surface area contributed by atoms with Gasteiger partial charge in [-0.3, -0.25) is 4.90 Å². The van der Waals surface area contributed by atoms with Crippen LogP contribution < -0.4 is 5.32 Å². The van der Waals surface area contributed by atoms with Gasteiger partial charge in [-0.2, -0.15) is 0 Å². The minimum Gasteiger partial charge on any atom is -0.374 e. The zero-order chi connectivity index (χ0) is 15.2. The maximum absolute atomic E-state index is 5.74. The van der Waals surface area contributed by atoms with Crippen molar-refractivity contribution < 1.29 is 4.74 Å². The highest BCUT2D eigenvalue weighted by molar-refractivity contribution is 4.72. The highest BCUT2D eigenvalue weighted by Crippen LogP contribution is 2.11. The van der Waals surface area contributed by atoms with Gasteiger partial charge in [-0.15, -0.1) is 0 Å². The molecule has 0 aromatic heterocycles. The van der Waals surface area contributed by atoms with Crippen molar-refractivity contribution in [2.24, 2.45) is 0 Å². The highest BCUT2D eigenvalue weighted by atomic mass is 16.5. The summed E-state index contributed by atoms with van der Waals surface area (Å²) < 4.78 is 5.74. The Morgan fingerprint density at radius 2 is 1.57 bits per heavy atom. The first-order valence-electron chi connectivity index (χ1n) is 9.35. The lowest BCUT2D eigenvalue weighted by molar-refractivity contribution is -0.0266. The van der Waals surface area contributed by atoms with Gasteiger partial charge in [0.1, 0.15) is 0 Å². The molecule has 0 aliphatic carbocycles. The number of hydrogen-bond acceptors (Lipinski definition) is 3. The number of unbranched alkanes of at least 4 members (excludes halogenated alkanes) is 9. The largest absolute Gasteiger partial charge is 0.374 e. The lowest BCUT2D eigenvalue weighted by Crippen LogP contribution is -2.46. The van der Waals surface area contributed by atoms with Crippen molar-refractivity contribution in [3.05, 3.63) is 0 Å². The zero-order valence-corrected chi connectivity index (χ0v) is 14.5. The predicted molar refractivity (Wildman–Crippen MR) is 92.0 cm³/mol. The zero-order valence-electron chi connectivity index (χ0n) is 14.5. The molecule has 0 radical (unpaired) electrons. The summed E-state index contributed by atoms with van der Waals surface area (Å²) in [4.78, 5) is 2.58. The van der Waals surface area contributed by atoms with E-state index in [9.17, 15) is 0 Å². The van der Waals surface area contributed by atoms with Crippen molar-refractivity contribution in [2.75, 3.05) is 39.8 Å². The average Bonchev–Trinajstić information content (AvgIpc) is 2.50. The van der Waals surface area contributed by atoms with Crippen molar-refractivity contribution in [3.63, 3.8) is 0 Å². The minimum atomic E-state index is 0.395. The van der Waals surface area contributed by atoms with Crippen LogP contribution in [0.5, 0.6) is 0 Å². The molecular formula is C18H38N2O. The molecule has 1 rings (SSSR count). The quantitative estimate of drug-likeness (QED) is 0.523. The summed E-state index contributed by atoms with van der Waals surface area (Å²) in [5.74, 6) is 0. The second-order valence-corrected chi connectivity index (χ2v) is 6.53. The number of morpholine rings is 1. The fourth-order valence-corrected chi connectivity index (χ4v) is 3.16. The third-order valence-electron chi connectivity index (χ3n) is 4.48. The molecule has 0 spiro atoms. The minimum absolute atomic E-state index is 0.395. The molecule has 1 unspecified atom stereocenters. The SMILES string of the molecule is CCCCCCCCCCCCN1CCOC(CNC)C1. The van der Waals surface area contributed by atoms with Gasteiger partial charge in [0.15, 0.2) is 0 Å². The molecule has 0 bridgehead atoms. The Bertz CT molecular complexity index is 221. The van der Waals surface area contributed by atoms with Crippen LogP contribution in [-0.2, 0) is 4.74 Å². The Morgan fingerprint density at radius 1 is 0.952 bits per heavy atom. The van der Waals surface area contributed by atoms with Crippen LogP contribution in [0, 0.1) is 0 Å². The number of nitrogens with zero attached hydrogens (tertiary/aromatic N) is 1. The molecule has 3 heteroatoms. The molecule has 1 saturated heterocycles. The van der Waals surface area contributed by atoms with Crippen LogP contribution in [0.4, 0.5) is 0 Å². The van der Waals surface area contributed by atoms with Gasteiger partial charge in [-0.1, -0.05) is 64.7 Å². The molecule has 0 amide bonds. The molecule has 0 aromatic carbocycles. The van der Waals surface area contributed by atoms with E-state index in [1.54, 1.807) is 0 Å². The molecule has 0 saturated carbocycles. The number of likely N-dealkylation sites (N-methyl/N-ethyl adjacent to an activating group) is 1. The Hall–Kier alpha value is -0.120. The number of rotatable bonds is 13. The predicted octanol–water partition coefficient (Wildman–Crippen LogP) is 3.83. The van der Waals surface area contributed by atoms with Crippen LogP contribution in [-0.4, -0.2) is 50.8 Å². The Labute approximate surface area is 132 Å². The standard InChI is InChI=1S/C18H38N2O/c1-3-4-5-6-7-8-9-10-11-12-13-20-14-15-21-18(17-20)16-19-2/h18-19H,3-17H2,1-2H3. The van der Waals surface area contributed by atoms with E-state index in [0.29, 0.717) is 6.10 Å². The summed E-state index contributed by atoms with van der Waals surface area (Å²) in [6.07, 6.45) is 14.6. The van der Waals surface area contributed by atoms with Crippen molar-refractivity contribution in [2.45, 2.75) is 77.2 Å². The fourth-order valence-electron chi connectivity index (χ4n) is 3.16. The first-order valence-corrected chi connectivity index (χ1v) is 9.35. The van der Waals surface area contributed by atoms with E-state index in [0.717, 1.165) is 26.2 Å². The van der Waals surface area contributed by atoms with Gasteiger partial charge in [0.05, 0.1) is 12.7 Å². The third-order valence-corrected chi connectivity index (χ3v) is 4.48.